The summed E-state index contributed by atoms with van der Waals surface area (Å²) in [5, 5.41) is 32.8. The average molecular weight is 450 g/mol. The van der Waals surface area contributed by atoms with Crippen LogP contribution in [0.1, 0.15) is 27.1 Å². The minimum atomic E-state index is -2.05. The van der Waals surface area contributed by atoms with Crippen LogP contribution in [0.25, 0.3) is 0 Å². The monoisotopic (exact) mass is 449 g/mol. The summed E-state index contributed by atoms with van der Waals surface area (Å²) in [4.78, 5) is 36.3. The Morgan fingerprint density at radius 1 is 1.00 bits per heavy atom. The van der Waals surface area contributed by atoms with E-state index in [0.29, 0.717) is 15.7 Å². The maximum atomic E-state index is 12.7. The Morgan fingerprint density at radius 2 is 1.60 bits per heavy atom. The number of anilines is 1. The number of carbonyl (C=O) groups is 3. The molecule has 3 unspecified atom stereocenters. The second-order valence-electron chi connectivity index (χ2n) is 6.94. The number of Topliss-reactive ketones (excluding diaryl/α,β-unsaturated/α-hetero) is 1. The van der Waals surface area contributed by atoms with Gasteiger partial charge in [-0.3, -0.25) is 14.4 Å². The van der Waals surface area contributed by atoms with Gasteiger partial charge in [0.1, 0.15) is 5.60 Å². The maximum Gasteiger partial charge on any atom is 0.309 e. The Labute approximate surface area is 181 Å². The van der Waals surface area contributed by atoms with Crippen LogP contribution in [0, 0.1) is 5.92 Å². The van der Waals surface area contributed by atoms with Crippen molar-refractivity contribution in [3.63, 3.8) is 0 Å². The van der Waals surface area contributed by atoms with E-state index in [4.69, 9.17) is 28.3 Å². The molecular weight excluding hydrogens is 433 g/mol. The Bertz CT molecular complexity index is 1020. The van der Waals surface area contributed by atoms with E-state index in [9.17, 15) is 24.6 Å². The lowest BCUT2D eigenvalue weighted by Gasteiger charge is -2.32. The summed E-state index contributed by atoms with van der Waals surface area (Å²) in [6, 6.07) is 10.1. The average Bonchev–Trinajstić information content (AvgIpc) is 2.69. The van der Waals surface area contributed by atoms with Crippen molar-refractivity contribution in [2.75, 3.05) is 5.32 Å². The van der Waals surface area contributed by atoms with E-state index in [2.05, 4.69) is 5.32 Å². The summed E-state index contributed by atoms with van der Waals surface area (Å²) in [5.74, 6) is -3.77. The summed E-state index contributed by atoms with van der Waals surface area (Å²) in [6.45, 7) is 0. The molecular formula is C21H17Cl2NO6. The molecule has 0 saturated heterocycles. The summed E-state index contributed by atoms with van der Waals surface area (Å²) >= 11 is 11.8. The van der Waals surface area contributed by atoms with Gasteiger partial charge in [-0.05, 0) is 48.5 Å². The Hall–Kier alpha value is -2.71. The first-order valence-electron chi connectivity index (χ1n) is 8.84. The number of ketones is 1. The van der Waals surface area contributed by atoms with Gasteiger partial charge in [0.2, 0.25) is 0 Å². The molecule has 1 amide bonds. The van der Waals surface area contributed by atoms with Crippen LogP contribution in [-0.4, -0.2) is 44.7 Å². The van der Waals surface area contributed by atoms with Crippen molar-refractivity contribution >= 4 is 46.5 Å². The van der Waals surface area contributed by atoms with Crippen LogP contribution in [0.4, 0.5) is 5.69 Å². The molecule has 7 nitrogen and oxygen atoms in total. The fourth-order valence-electron chi connectivity index (χ4n) is 3.16. The Balaban J connectivity index is 1.75. The molecule has 0 aliphatic heterocycles. The number of halogens is 2. The van der Waals surface area contributed by atoms with Crippen LogP contribution in [0.5, 0.6) is 0 Å². The number of rotatable bonds is 5. The van der Waals surface area contributed by atoms with Gasteiger partial charge in [-0.25, -0.2) is 0 Å². The standard InChI is InChI=1S/C21H17Cl2NO6/c22-13-7-12(8-14(23)9-13)19(27)24-15-3-1-11(2-4-15)18(26)21(30)6-5-17(25)16(10-21)20(28)29/h1-9,16-17,25,30H,10H2,(H,24,27)(H,28,29). The van der Waals surface area contributed by atoms with Crippen LogP contribution in [0.15, 0.2) is 54.6 Å². The molecule has 3 rings (SSSR count). The molecule has 1 aliphatic carbocycles. The third-order valence-electron chi connectivity index (χ3n) is 4.75. The summed E-state index contributed by atoms with van der Waals surface area (Å²) in [6.07, 6.45) is 0.476. The smallest absolute Gasteiger partial charge is 0.309 e. The minimum absolute atomic E-state index is 0.117. The fourth-order valence-corrected chi connectivity index (χ4v) is 3.69. The van der Waals surface area contributed by atoms with E-state index >= 15 is 0 Å². The zero-order valence-electron chi connectivity index (χ0n) is 15.4. The molecule has 3 atom stereocenters. The van der Waals surface area contributed by atoms with Gasteiger partial charge in [0.25, 0.3) is 5.91 Å². The highest BCUT2D eigenvalue weighted by Crippen LogP contribution is 2.31. The molecule has 0 saturated carbocycles. The topological polar surface area (TPSA) is 124 Å². The predicted octanol–water partition coefficient (Wildman–Crippen LogP) is 3.18. The second-order valence-corrected chi connectivity index (χ2v) is 7.81. The highest BCUT2D eigenvalue weighted by molar-refractivity contribution is 6.35. The summed E-state index contributed by atoms with van der Waals surface area (Å²) in [7, 11) is 0. The highest BCUT2D eigenvalue weighted by atomic mass is 35.5. The number of carboxylic acid groups (broad SMARTS) is 1. The van der Waals surface area contributed by atoms with Crippen molar-refractivity contribution in [1.82, 2.24) is 0 Å². The first-order chi connectivity index (χ1) is 14.1. The molecule has 0 heterocycles. The van der Waals surface area contributed by atoms with Gasteiger partial charge >= 0.3 is 5.97 Å². The van der Waals surface area contributed by atoms with E-state index in [-0.39, 0.29) is 11.1 Å². The van der Waals surface area contributed by atoms with Gasteiger partial charge in [0, 0.05) is 33.3 Å². The number of carbonyl (C=O) groups excluding carboxylic acids is 2. The number of aliphatic hydroxyl groups excluding tert-OH is 1. The van der Waals surface area contributed by atoms with Gasteiger partial charge in [0.05, 0.1) is 12.0 Å². The van der Waals surface area contributed by atoms with Gasteiger partial charge in [-0.2, -0.15) is 0 Å². The number of amides is 1. The molecule has 0 radical (unpaired) electrons. The molecule has 4 N–H and O–H groups in total. The third-order valence-corrected chi connectivity index (χ3v) is 5.19. The van der Waals surface area contributed by atoms with Gasteiger partial charge in [-0.15, -0.1) is 0 Å². The molecule has 0 aromatic heterocycles. The van der Waals surface area contributed by atoms with Crippen LogP contribution in [0.2, 0.25) is 10.0 Å². The number of nitrogens with one attached hydrogen (secondary N) is 1. The molecule has 9 heteroatoms. The number of aliphatic hydroxyl groups is 2. The lowest BCUT2D eigenvalue weighted by Crippen LogP contribution is -2.46. The van der Waals surface area contributed by atoms with E-state index < -0.39 is 41.7 Å². The van der Waals surface area contributed by atoms with Gasteiger partial charge in [-0.1, -0.05) is 29.3 Å². The molecule has 0 fully saturated rings. The number of hydrogen-bond acceptors (Lipinski definition) is 5. The predicted molar refractivity (Wildman–Crippen MR) is 111 cm³/mol. The number of benzene rings is 2. The van der Waals surface area contributed by atoms with Crippen LogP contribution >= 0.6 is 23.2 Å². The zero-order chi connectivity index (χ0) is 22.1. The Kier molecular flexibility index (Phi) is 6.28. The first kappa shape index (κ1) is 22.0. The number of hydrogen-bond donors (Lipinski definition) is 4. The number of aliphatic carboxylic acids is 1. The van der Waals surface area contributed by atoms with Crippen molar-refractivity contribution in [2.45, 2.75) is 18.1 Å². The van der Waals surface area contributed by atoms with Gasteiger partial charge in [0.15, 0.2) is 5.78 Å². The lowest BCUT2D eigenvalue weighted by molar-refractivity contribution is -0.147. The molecule has 2 aromatic carbocycles. The Morgan fingerprint density at radius 3 is 2.17 bits per heavy atom. The van der Waals surface area contributed by atoms with Crippen molar-refractivity contribution in [3.8, 4) is 0 Å². The maximum absolute atomic E-state index is 12.7. The quantitative estimate of drug-likeness (QED) is 0.410. The SMILES string of the molecule is O=C(Nc1ccc(C(=O)C2(O)C=CC(O)C(C(=O)O)C2)cc1)c1cc(Cl)cc(Cl)c1. The minimum Gasteiger partial charge on any atom is -0.481 e. The molecule has 156 valence electrons. The second kappa shape index (κ2) is 8.57. The third kappa shape index (κ3) is 4.71. The summed E-state index contributed by atoms with van der Waals surface area (Å²) in [5.41, 5.74) is -1.29. The molecule has 2 aromatic rings. The molecule has 0 spiro atoms. The number of carboxylic acids is 1. The first-order valence-corrected chi connectivity index (χ1v) is 9.59. The molecule has 1 aliphatic rings. The van der Waals surface area contributed by atoms with Crippen LogP contribution < -0.4 is 5.32 Å². The van der Waals surface area contributed by atoms with Crippen molar-refractivity contribution < 1.29 is 29.7 Å². The summed E-state index contributed by atoms with van der Waals surface area (Å²) < 4.78 is 0. The normalized spacial score (nSPS) is 23.1. The highest BCUT2D eigenvalue weighted by Gasteiger charge is 2.43. The van der Waals surface area contributed by atoms with Crippen LogP contribution in [0.3, 0.4) is 0 Å². The van der Waals surface area contributed by atoms with Crippen molar-refractivity contribution in [3.05, 3.63) is 75.8 Å². The van der Waals surface area contributed by atoms with Crippen LogP contribution in [-0.2, 0) is 4.79 Å². The van der Waals surface area contributed by atoms with Gasteiger partial charge < -0.3 is 20.6 Å². The van der Waals surface area contributed by atoms with E-state index in [1.807, 2.05) is 0 Å². The van der Waals surface area contributed by atoms with Crippen molar-refractivity contribution in [1.29, 1.82) is 0 Å². The van der Waals surface area contributed by atoms with E-state index in [1.54, 1.807) is 0 Å². The molecule has 0 bridgehead atoms. The molecule has 30 heavy (non-hydrogen) atoms. The fraction of sp³-hybridized carbons (Fsp3) is 0.190. The van der Waals surface area contributed by atoms with E-state index in [0.717, 1.165) is 12.2 Å². The van der Waals surface area contributed by atoms with Crippen molar-refractivity contribution in [2.24, 2.45) is 5.92 Å². The largest absolute Gasteiger partial charge is 0.481 e. The zero-order valence-corrected chi connectivity index (χ0v) is 16.9. The van der Waals surface area contributed by atoms with E-state index in [1.165, 1.54) is 42.5 Å². The lowest BCUT2D eigenvalue weighted by atomic mass is 9.77.